The van der Waals surface area contributed by atoms with Gasteiger partial charge in [0.05, 0.1) is 0 Å². The molecule has 2 N–H and O–H groups in total. The molecule has 122 valence electrons. The van der Waals surface area contributed by atoms with Crippen LogP contribution in [0.5, 0.6) is 0 Å². The van der Waals surface area contributed by atoms with Crippen LogP contribution in [0.15, 0.2) is 29.3 Å². The second-order valence-corrected chi connectivity index (χ2v) is 6.44. The fourth-order valence-corrected chi connectivity index (χ4v) is 2.75. The SMILES string of the molecule is CN=C(NCCN1CCC(C)CC1)NCc1ccc(Cl)cc1. The molecule has 1 aliphatic rings. The van der Waals surface area contributed by atoms with Gasteiger partial charge in [-0.05, 0) is 49.5 Å². The molecule has 1 aromatic carbocycles. The number of piperidine rings is 1. The minimum atomic E-state index is 0.748. The predicted octanol–water partition coefficient (Wildman–Crippen LogP) is 2.74. The quantitative estimate of drug-likeness (QED) is 0.647. The van der Waals surface area contributed by atoms with Gasteiger partial charge in [0.2, 0.25) is 0 Å². The summed E-state index contributed by atoms with van der Waals surface area (Å²) in [6, 6.07) is 7.87. The van der Waals surface area contributed by atoms with Gasteiger partial charge in [-0.3, -0.25) is 4.99 Å². The van der Waals surface area contributed by atoms with Gasteiger partial charge >= 0.3 is 0 Å². The van der Waals surface area contributed by atoms with Gasteiger partial charge in [0.15, 0.2) is 5.96 Å². The predicted molar refractivity (Wildman–Crippen MR) is 94.5 cm³/mol. The number of guanidine groups is 1. The summed E-state index contributed by atoms with van der Waals surface area (Å²) >= 11 is 5.89. The van der Waals surface area contributed by atoms with Crippen LogP contribution in [0.4, 0.5) is 0 Å². The Labute approximate surface area is 138 Å². The second kappa shape index (κ2) is 9.01. The van der Waals surface area contributed by atoms with Crippen LogP contribution in [0.3, 0.4) is 0 Å². The maximum absolute atomic E-state index is 5.89. The maximum Gasteiger partial charge on any atom is 0.191 e. The van der Waals surface area contributed by atoms with Gasteiger partial charge in [0, 0.05) is 31.7 Å². The normalized spacial score (nSPS) is 17.5. The van der Waals surface area contributed by atoms with Gasteiger partial charge in [0.1, 0.15) is 0 Å². The molecule has 1 saturated heterocycles. The first-order valence-electron chi connectivity index (χ1n) is 8.08. The fraction of sp³-hybridized carbons (Fsp3) is 0.588. The van der Waals surface area contributed by atoms with Crippen molar-refractivity contribution in [2.45, 2.75) is 26.3 Å². The summed E-state index contributed by atoms with van der Waals surface area (Å²) in [5.74, 6) is 1.73. The summed E-state index contributed by atoms with van der Waals surface area (Å²) in [4.78, 5) is 6.79. The highest BCUT2D eigenvalue weighted by atomic mass is 35.5. The number of rotatable bonds is 5. The zero-order chi connectivity index (χ0) is 15.8. The van der Waals surface area contributed by atoms with Crippen molar-refractivity contribution in [3.63, 3.8) is 0 Å². The summed E-state index contributed by atoms with van der Waals surface area (Å²) in [5.41, 5.74) is 1.19. The Balaban J connectivity index is 1.66. The van der Waals surface area contributed by atoms with Crippen LogP contribution in [0.2, 0.25) is 5.02 Å². The lowest BCUT2D eigenvalue weighted by Crippen LogP contribution is -2.43. The van der Waals surface area contributed by atoms with E-state index in [0.29, 0.717) is 0 Å². The third-order valence-corrected chi connectivity index (χ3v) is 4.45. The van der Waals surface area contributed by atoms with E-state index >= 15 is 0 Å². The number of halogens is 1. The van der Waals surface area contributed by atoms with Gasteiger partial charge in [0.25, 0.3) is 0 Å². The molecule has 0 aromatic heterocycles. The molecule has 2 rings (SSSR count). The van der Waals surface area contributed by atoms with Gasteiger partial charge in [-0.15, -0.1) is 0 Å². The number of benzene rings is 1. The number of hydrogen-bond acceptors (Lipinski definition) is 2. The third kappa shape index (κ3) is 5.85. The first-order chi connectivity index (χ1) is 10.7. The molecule has 0 spiro atoms. The number of nitrogens with one attached hydrogen (secondary N) is 2. The minimum Gasteiger partial charge on any atom is -0.355 e. The van der Waals surface area contributed by atoms with E-state index in [1.807, 2.05) is 24.3 Å². The molecule has 22 heavy (non-hydrogen) atoms. The van der Waals surface area contributed by atoms with Crippen LogP contribution in [0, 0.1) is 5.92 Å². The molecule has 1 aliphatic heterocycles. The maximum atomic E-state index is 5.89. The Morgan fingerprint density at radius 2 is 1.91 bits per heavy atom. The largest absolute Gasteiger partial charge is 0.355 e. The Bertz CT molecular complexity index is 464. The Kier molecular flexibility index (Phi) is 7.00. The van der Waals surface area contributed by atoms with E-state index in [2.05, 4.69) is 27.4 Å². The molecule has 0 amide bonds. The van der Waals surface area contributed by atoms with Crippen molar-refractivity contribution in [3.05, 3.63) is 34.9 Å². The molecule has 1 heterocycles. The average molecular weight is 323 g/mol. The Hall–Kier alpha value is -1.26. The molecule has 1 aromatic rings. The summed E-state index contributed by atoms with van der Waals surface area (Å²) in [6.45, 7) is 7.54. The van der Waals surface area contributed by atoms with E-state index in [1.165, 1.54) is 31.5 Å². The number of likely N-dealkylation sites (tertiary alicyclic amines) is 1. The summed E-state index contributed by atoms with van der Waals surface area (Å²) in [5, 5.41) is 7.47. The van der Waals surface area contributed by atoms with Crippen LogP contribution in [0.25, 0.3) is 0 Å². The van der Waals surface area contributed by atoms with Crippen LogP contribution in [-0.4, -0.2) is 44.1 Å². The molecule has 4 nitrogen and oxygen atoms in total. The van der Waals surface area contributed by atoms with E-state index in [0.717, 1.165) is 36.5 Å². The lowest BCUT2D eigenvalue weighted by molar-refractivity contribution is 0.195. The van der Waals surface area contributed by atoms with Crippen molar-refractivity contribution in [1.29, 1.82) is 0 Å². The van der Waals surface area contributed by atoms with E-state index in [9.17, 15) is 0 Å². The molecule has 1 fully saturated rings. The first-order valence-corrected chi connectivity index (χ1v) is 8.46. The number of nitrogens with zero attached hydrogens (tertiary/aromatic N) is 2. The van der Waals surface area contributed by atoms with Crippen molar-refractivity contribution in [1.82, 2.24) is 15.5 Å². The first kappa shape index (κ1) is 17.1. The van der Waals surface area contributed by atoms with E-state index in [4.69, 9.17) is 11.6 Å². The summed E-state index contributed by atoms with van der Waals surface area (Å²) in [6.07, 6.45) is 2.65. The Morgan fingerprint density at radius 3 is 2.55 bits per heavy atom. The van der Waals surface area contributed by atoms with Gasteiger partial charge in [-0.2, -0.15) is 0 Å². The van der Waals surface area contributed by atoms with Crippen LogP contribution in [0.1, 0.15) is 25.3 Å². The number of hydrogen-bond donors (Lipinski definition) is 2. The van der Waals surface area contributed by atoms with Crippen LogP contribution >= 0.6 is 11.6 Å². The zero-order valence-electron chi connectivity index (χ0n) is 13.6. The van der Waals surface area contributed by atoms with Crippen molar-refractivity contribution in [2.24, 2.45) is 10.9 Å². The molecule has 0 bridgehead atoms. The number of aliphatic imine (C=N–C) groups is 1. The zero-order valence-corrected chi connectivity index (χ0v) is 14.4. The topological polar surface area (TPSA) is 39.7 Å². The van der Waals surface area contributed by atoms with Crippen molar-refractivity contribution in [3.8, 4) is 0 Å². The molecule has 0 saturated carbocycles. The lowest BCUT2D eigenvalue weighted by Gasteiger charge is -2.30. The summed E-state index contributed by atoms with van der Waals surface area (Å²) in [7, 11) is 1.81. The van der Waals surface area contributed by atoms with E-state index in [-0.39, 0.29) is 0 Å². The van der Waals surface area contributed by atoms with Crippen LogP contribution < -0.4 is 10.6 Å². The molecular weight excluding hydrogens is 296 g/mol. The second-order valence-electron chi connectivity index (χ2n) is 6.00. The van der Waals surface area contributed by atoms with Crippen molar-refractivity contribution < 1.29 is 0 Å². The van der Waals surface area contributed by atoms with Crippen molar-refractivity contribution in [2.75, 3.05) is 33.2 Å². The monoisotopic (exact) mass is 322 g/mol. The van der Waals surface area contributed by atoms with E-state index < -0.39 is 0 Å². The highest BCUT2D eigenvalue weighted by Gasteiger charge is 2.14. The van der Waals surface area contributed by atoms with Gasteiger partial charge < -0.3 is 15.5 Å². The molecule has 0 atom stereocenters. The standard InChI is InChI=1S/C17H27ClN4/c1-14-7-10-22(11-8-14)12-9-20-17(19-2)21-13-15-3-5-16(18)6-4-15/h3-6,14H,7-13H2,1-2H3,(H2,19,20,21). The molecule has 0 radical (unpaired) electrons. The minimum absolute atomic E-state index is 0.748. The van der Waals surface area contributed by atoms with E-state index in [1.54, 1.807) is 7.05 Å². The van der Waals surface area contributed by atoms with Crippen molar-refractivity contribution >= 4 is 17.6 Å². The fourth-order valence-electron chi connectivity index (χ4n) is 2.63. The van der Waals surface area contributed by atoms with Crippen LogP contribution in [-0.2, 0) is 6.54 Å². The third-order valence-electron chi connectivity index (χ3n) is 4.19. The van der Waals surface area contributed by atoms with Gasteiger partial charge in [-0.25, -0.2) is 0 Å². The molecular formula is C17H27ClN4. The van der Waals surface area contributed by atoms with Gasteiger partial charge in [-0.1, -0.05) is 30.7 Å². The molecule has 0 unspecified atom stereocenters. The summed E-state index contributed by atoms with van der Waals surface area (Å²) < 4.78 is 0. The smallest absolute Gasteiger partial charge is 0.191 e. The molecule has 0 aliphatic carbocycles. The highest BCUT2D eigenvalue weighted by molar-refractivity contribution is 6.30. The Morgan fingerprint density at radius 1 is 1.23 bits per heavy atom. The average Bonchev–Trinajstić information content (AvgIpc) is 2.54. The highest BCUT2D eigenvalue weighted by Crippen LogP contribution is 2.15. The lowest BCUT2D eigenvalue weighted by atomic mass is 9.99. The molecule has 5 heteroatoms.